The maximum atomic E-state index is 12.3. The Balaban J connectivity index is 2.34. The number of benzene rings is 1. The Bertz CT molecular complexity index is 737. The molecule has 2 aromatic rings. The summed E-state index contributed by atoms with van der Waals surface area (Å²) >= 11 is 3.30. The topological polar surface area (TPSA) is 71.3 Å². The monoisotopic (exact) mass is 364 g/mol. The van der Waals surface area contributed by atoms with E-state index in [0.717, 1.165) is 15.6 Å². The Kier molecular flexibility index (Phi) is 4.71. The van der Waals surface area contributed by atoms with Gasteiger partial charge in [0.05, 0.1) is 0 Å². The van der Waals surface area contributed by atoms with Gasteiger partial charge in [0, 0.05) is 17.7 Å². The lowest BCUT2D eigenvalue weighted by Crippen LogP contribution is -2.35. The Morgan fingerprint density at radius 3 is 2.55 bits per heavy atom. The summed E-state index contributed by atoms with van der Waals surface area (Å²) in [7, 11) is 1.73. The van der Waals surface area contributed by atoms with Gasteiger partial charge in [-0.2, -0.15) is 0 Å². The maximum absolute atomic E-state index is 12.3. The average Bonchev–Trinajstić information content (AvgIpc) is 2.78. The highest BCUT2D eigenvalue weighted by atomic mass is 79.9. The quantitative estimate of drug-likeness (QED) is 0.875. The van der Waals surface area contributed by atoms with Crippen LogP contribution in [-0.4, -0.2) is 21.6 Å². The van der Waals surface area contributed by atoms with Gasteiger partial charge in [-0.3, -0.25) is 4.79 Å². The number of aryl methyl sites for hydroxylation is 2. The van der Waals surface area contributed by atoms with Gasteiger partial charge in [-0.05, 0) is 52.5 Å². The molecule has 22 heavy (non-hydrogen) atoms. The van der Waals surface area contributed by atoms with Gasteiger partial charge in [-0.15, -0.1) is 0 Å². The Morgan fingerprint density at radius 1 is 1.32 bits per heavy atom. The second kappa shape index (κ2) is 6.36. The third-order valence-corrected chi connectivity index (χ3v) is 4.12. The van der Waals surface area contributed by atoms with Gasteiger partial charge in [0.15, 0.2) is 6.04 Å². The lowest BCUT2D eigenvalue weighted by atomic mass is 9.97. The molecule has 5 nitrogen and oxygen atoms in total. The molecule has 0 saturated heterocycles. The number of aliphatic carboxylic acids is 1. The van der Waals surface area contributed by atoms with Crippen LogP contribution in [0.15, 0.2) is 34.9 Å². The lowest BCUT2D eigenvalue weighted by molar-refractivity contribution is -0.139. The van der Waals surface area contributed by atoms with Crippen molar-refractivity contribution in [2.45, 2.75) is 19.9 Å². The molecule has 2 N–H and O–H groups in total. The summed E-state index contributed by atoms with van der Waals surface area (Å²) in [5.74, 6) is -1.52. The van der Waals surface area contributed by atoms with Gasteiger partial charge >= 0.3 is 5.97 Å². The van der Waals surface area contributed by atoms with Crippen molar-refractivity contribution in [3.8, 4) is 0 Å². The molecule has 1 aromatic heterocycles. The molecule has 0 radical (unpaired) electrons. The second-order valence-corrected chi connectivity index (χ2v) is 6.10. The first-order valence-corrected chi connectivity index (χ1v) is 7.52. The highest BCUT2D eigenvalue weighted by Gasteiger charge is 2.25. The second-order valence-electron chi connectivity index (χ2n) is 5.19. The zero-order valence-corrected chi connectivity index (χ0v) is 14.1. The highest BCUT2D eigenvalue weighted by Crippen LogP contribution is 2.22. The van der Waals surface area contributed by atoms with Crippen LogP contribution in [0.3, 0.4) is 0 Å². The van der Waals surface area contributed by atoms with Crippen molar-refractivity contribution < 1.29 is 14.7 Å². The first-order valence-electron chi connectivity index (χ1n) is 6.73. The van der Waals surface area contributed by atoms with Crippen LogP contribution in [0.1, 0.15) is 33.2 Å². The summed E-state index contributed by atoms with van der Waals surface area (Å²) < 4.78 is 2.40. The normalized spacial score (nSPS) is 12.0. The number of carbonyl (C=O) groups is 2. The average molecular weight is 365 g/mol. The molecule has 116 valence electrons. The number of aromatic nitrogens is 1. The van der Waals surface area contributed by atoms with Crippen molar-refractivity contribution in [3.63, 3.8) is 0 Å². The smallest absolute Gasteiger partial charge is 0.330 e. The summed E-state index contributed by atoms with van der Waals surface area (Å²) in [6.07, 6.45) is 1.74. The minimum absolute atomic E-state index is 0.392. The molecule has 0 aliphatic rings. The number of carbonyl (C=O) groups excluding carboxylic acids is 1. The van der Waals surface area contributed by atoms with Crippen LogP contribution in [0.2, 0.25) is 0 Å². The molecule has 6 heteroatoms. The summed E-state index contributed by atoms with van der Waals surface area (Å²) in [6.45, 7) is 3.76. The van der Waals surface area contributed by atoms with Crippen LogP contribution in [-0.2, 0) is 11.8 Å². The van der Waals surface area contributed by atoms with Crippen LogP contribution < -0.4 is 5.32 Å². The number of rotatable bonds is 4. The van der Waals surface area contributed by atoms with E-state index < -0.39 is 17.9 Å². The van der Waals surface area contributed by atoms with Gasteiger partial charge in [0.1, 0.15) is 5.69 Å². The van der Waals surface area contributed by atoms with E-state index in [2.05, 4.69) is 21.2 Å². The fraction of sp³-hybridized carbons (Fsp3) is 0.250. The highest BCUT2D eigenvalue weighted by molar-refractivity contribution is 9.10. The molecule has 0 aliphatic carbocycles. The number of amides is 1. The first kappa shape index (κ1) is 16.3. The van der Waals surface area contributed by atoms with Crippen LogP contribution in [0, 0.1) is 13.8 Å². The Labute approximate surface area is 137 Å². The van der Waals surface area contributed by atoms with E-state index in [4.69, 9.17) is 0 Å². The van der Waals surface area contributed by atoms with Gasteiger partial charge in [0.2, 0.25) is 0 Å². The van der Waals surface area contributed by atoms with Crippen molar-refractivity contribution >= 4 is 27.8 Å². The Hall–Kier alpha value is -2.08. The number of hydrogen-bond donors (Lipinski definition) is 2. The van der Waals surface area contributed by atoms with E-state index in [-0.39, 0.29) is 0 Å². The van der Waals surface area contributed by atoms with Crippen molar-refractivity contribution in [1.82, 2.24) is 9.88 Å². The minimum atomic E-state index is -1.09. The van der Waals surface area contributed by atoms with Crippen LogP contribution in [0.4, 0.5) is 0 Å². The molecular formula is C16H17BrN2O3. The number of halogens is 1. The van der Waals surface area contributed by atoms with Crippen LogP contribution in [0.25, 0.3) is 0 Å². The van der Waals surface area contributed by atoms with Gasteiger partial charge in [-0.1, -0.05) is 18.2 Å². The maximum Gasteiger partial charge on any atom is 0.330 e. The zero-order chi connectivity index (χ0) is 16.4. The molecular weight excluding hydrogens is 348 g/mol. The minimum Gasteiger partial charge on any atom is -0.479 e. The van der Waals surface area contributed by atoms with E-state index in [0.29, 0.717) is 11.3 Å². The molecule has 1 atom stereocenters. The Morgan fingerprint density at radius 2 is 2.00 bits per heavy atom. The number of nitrogens with zero attached hydrogens (tertiary/aromatic N) is 1. The van der Waals surface area contributed by atoms with E-state index in [1.165, 1.54) is 0 Å². The van der Waals surface area contributed by atoms with Crippen molar-refractivity contribution in [1.29, 1.82) is 0 Å². The molecule has 0 fully saturated rings. The molecule has 1 unspecified atom stereocenters. The van der Waals surface area contributed by atoms with E-state index in [9.17, 15) is 14.7 Å². The first-order chi connectivity index (χ1) is 10.3. The third kappa shape index (κ3) is 3.22. The van der Waals surface area contributed by atoms with Gasteiger partial charge < -0.3 is 15.0 Å². The van der Waals surface area contributed by atoms with E-state index in [1.807, 2.05) is 19.9 Å². The predicted octanol–water partition coefficient (Wildman–Crippen LogP) is 2.96. The molecule has 2 rings (SSSR count). The van der Waals surface area contributed by atoms with Crippen molar-refractivity contribution in [2.75, 3.05) is 0 Å². The van der Waals surface area contributed by atoms with E-state index in [1.54, 1.807) is 36.0 Å². The molecule has 0 bridgehead atoms. The van der Waals surface area contributed by atoms with E-state index >= 15 is 0 Å². The number of nitrogens with one attached hydrogen (secondary N) is 1. The van der Waals surface area contributed by atoms with Gasteiger partial charge in [-0.25, -0.2) is 4.79 Å². The number of hydrogen-bond acceptors (Lipinski definition) is 2. The van der Waals surface area contributed by atoms with Crippen molar-refractivity contribution in [2.24, 2.45) is 7.05 Å². The van der Waals surface area contributed by atoms with Gasteiger partial charge in [0.25, 0.3) is 5.91 Å². The fourth-order valence-electron chi connectivity index (χ4n) is 2.31. The summed E-state index contributed by atoms with van der Waals surface area (Å²) in [4.78, 5) is 23.9. The van der Waals surface area contributed by atoms with Crippen LogP contribution in [0.5, 0.6) is 0 Å². The summed E-state index contributed by atoms with van der Waals surface area (Å²) in [6, 6.07) is 5.99. The SMILES string of the molecule is Cc1cccc(C(NC(=O)c2cc(Br)cn2C)C(=O)O)c1C. The van der Waals surface area contributed by atoms with Crippen LogP contribution >= 0.6 is 15.9 Å². The molecule has 1 amide bonds. The molecule has 1 aromatic carbocycles. The third-order valence-electron chi connectivity index (χ3n) is 3.68. The summed E-state index contributed by atoms with van der Waals surface area (Å²) in [5.41, 5.74) is 2.83. The molecule has 0 aliphatic heterocycles. The number of carboxylic acid groups (broad SMARTS) is 1. The lowest BCUT2D eigenvalue weighted by Gasteiger charge is -2.18. The molecule has 0 saturated carbocycles. The zero-order valence-electron chi connectivity index (χ0n) is 12.6. The number of carboxylic acids is 1. The summed E-state index contributed by atoms with van der Waals surface area (Å²) in [5, 5.41) is 12.1. The standard InChI is InChI=1S/C16H17BrN2O3/c1-9-5-4-6-12(10(9)2)14(16(21)22)18-15(20)13-7-11(17)8-19(13)3/h4-8,14H,1-3H3,(H,18,20)(H,21,22). The molecule has 0 spiro atoms. The van der Waals surface area contributed by atoms with Crippen molar-refractivity contribution in [3.05, 3.63) is 57.3 Å². The fourth-order valence-corrected chi connectivity index (χ4v) is 2.84. The largest absolute Gasteiger partial charge is 0.479 e. The molecule has 1 heterocycles. The predicted molar refractivity (Wildman–Crippen MR) is 86.9 cm³/mol.